The molecule has 0 aromatic heterocycles. The van der Waals surface area contributed by atoms with E-state index in [1.54, 1.807) is 0 Å². The van der Waals surface area contributed by atoms with Gasteiger partial charge in [-0.25, -0.2) is 0 Å². The summed E-state index contributed by atoms with van der Waals surface area (Å²) in [6.45, 7) is 4.07. The molecule has 1 aliphatic carbocycles. The first kappa shape index (κ1) is 15.8. The van der Waals surface area contributed by atoms with Crippen LogP contribution in [-0.2, 0) is 9.53 Å². The summed E-state index contributed by atoms with van der Waals surface area (Å²) < 4.78 is 5.67. The highest BCUT2D eigenvalue weighted by molar-refractivity contribution is 5.76. The summed E-state index contributed by atoms with van der Waals surface area (Å²) in [6.07, 6.45) is 9.98. The molecule has 0 spiro atoms. The van der Waals surface area contributed by atoms with Crippen molar-refractivity contribution in [1.82, 2.24) is 10.6 Å². The molecular formula is C16H30N2O2. The molecule has 1 unspecified atom stereocenters. The van der Waals surface area contributed by atoms with E-state index in [1.165, 1.54) is 25.7 Å². The minimum Gasteiger partial charge on any atom is -0.378 e. The van der Waals surface area contributed by atoms with E-state index in [9.17, 15) is 4.79 Å². The molecule has 0 aromatic carbocycles. The molecule has 4 heteroatoms. The van der Waals surface area contributed by atoms with Crippen LogP contribution in [0.3, 0.4) is 0 Å². The van der Waals surface area contributed by atoms with Gasteiger partial charge in [-0.1, -0.05) is 6.92 Å². The summed E-state index contributed by atoms with van der Waals surface area (Å²) in [5.41, 5.74) is 0. The number of hydrogen-bond donors (Lipinski definition) is 2. The van der Waals surface area contributed by atoms with Crippen LogP contribution < -0.4 is 10.6 Å². The Hall–Kier alpha value is -0.610. The Labute approximate surface area is 123 Å². The lowest BCUT2D eigenvalue weighted by Crippen LogP contribution is -2.42. The van der Waals surface area contributed by atoms with E-state index in [1.807, 2.05) is 0 Å². The normalized spacial score (nSPS) is 30.9. The maximum atomic E-state index is 12.0. The number of carbonyl (C=O) groups excluding carboxylic acids is 1. The van der Waals surface area contributed by atoms with Crippen molar-refractivity contribution in [2.45, 2.75) is 82.9 Å². The lowest BCUT2D eigenvalue weighted by Gasteiger charge is -2.29. The lowest BCUT2D eigenvalue weighted by atomic mass is 9.91. The van der Waals surface area contributed by atoms with Gasteiger partial charge in [-0.2, -0.15) is 0 Å². The number of hydrogen-bond acceptors (Lipinski definition) is 3. The Morgan fingerprint density at radius 1 is 1.10 bits per heavy atom. The van der Waals surface area contributed by atoms with Gasteiger partial charge in [0.25, 0.3) is 0 Å². The number of nitrogens with one attached hydrogen (secondary N) is 2. The van der Waals surface area contributed by atoms with Crippen molar-refractivity contribution < 1.29 is 9.53 Å². The zero-order valence-corrected chi connectivity index (χ0v) is 12.8. The van der Waals surface area contributed by atoms with E-state index < -0.39 is 0 Å². The van der Waals surface area contributed by atoms with Crippen LogP contribution in [0.15, 0.2) is 0 Å². The molecule has 0 bridgehead atoms. The Morgan fingerprint density at radius 3 is 2.50 bits per heavy atom. The topological polar surface area (TPSA) is 50.4 Å². The molecule has 116 valence electrons. The van der Waals surface area contributed by atoms with E-state index in [4.69, 9.17) is 4.74 Å². The second-order valence-corrected chi connectivity index (χ2v) is 6.20. The fourth-order valence-electron chi connectivity index (χ4n) is 3.36. The smallest absolute Gasteiger partial charge is 0.220 e. The number of carbonyl (C=O) groups is 1. The number of rotatable bonds is 6. The Balaban J connectivity index is 1.57. The molecule has 2 rings (SSSR count). The summed E-state index contributed by atoms with van der Waals surface area (Å²) in [6, 6.07) is 1.05. The van der Waals surface area contributed by atoms with Gasteiger partial charge in [-0.15, -0.1) is 0 Å². The molecule has 1 heterocycles. The molecule has 0 aromatic rings. The third kappa shape index (κ3) is 5.41. The average Bonchev–Trinajstić information content (AvgIpc) is 2.49. The molecule has 2 aliphatic rings. The lowest BCUT2D eigenvalue weighted by molar-refractivity contribution is -0.123. The summed E-state index contributed by atoms with van der Waals surface area (Å²) in [5, 5.41) is 6.70. The molecular weight excluding hydrogens is 252 g/mol. The Morgan fingerprint density at radius 2 is 1.85 bits per heavy atom. The van der Waals surface area contributed by atoms with Crippen molar-refractivity contribution in [3.8, 4) is 0 Å². The SMILES string of the molecule is CCNC1CCC(NC(=O)CCC2CCCCO2)CC1. The summed E-state index contributed by atoms with van der Waals surface area (Å²) in [4.78, 5) is 12.0. The average molecular weight is 282 g/mol. The van der Waals surface area contributed by atoms with Crippen LogP contribution in [-0.4, -0.2) is 37.2 Å². The standard InChI is InChI=1S/C16H30N2O2/c1-2-17-13-6-8-14(9-7-13)18-16(19)11-10-15-5-3-4-12-20-15/h13-15,17H,2-12H2,1H3,(H,18,19). The van der Waals surface area contributed by atoms with Crippen LogP contribution >= 0.6 is 0 Å². The van der Waals surface area contributed by atoms with Gasteiger partial charge < -0.3 is 15.4 Å². The van der Waals surface area contributed by atoms with Gasteiger partial charge in [0.15, 0.2) is 0 Å². The van der Waals surface area contributed by atoms with Gasteiger partial charge in [-0.3, -0.25) is 4.79 Å². The van der Waals surface area contributed by atoms with Crippen molar-refractivity contribution >= 4 is 5.91 Å². The molecule has 1 amide bonds. The van der Waals surface area contributed by atoms with Crippen LogP contribution in [0.25, 0.3) is 0 Å². The van der Waals surface area contributed by atoms with Gasteiger partial charge in [0.2, 0.25) is 5.91 Å². The number of ether oxygens (including phenoxy) is 1. The monoisotopic (exact) mass is 282 g/mol. The first-order valence-corrected chi connectivity index (χ1v) is 8.42. The third-order valence-electron chi connectivity index (χ3n) is 4.55. The van der Waals surface area contributed by atoms with E-state index in [0.29, 0.717) is 24.6 Å². The second-order valence-electron chi connectivity index (χ2n) is 6.20. The predicted octanol–water partition coefficient (Wildman–Crippen LogP) is 2.37. The minimum absolute atomic E-state index is 0.214. The molecule has 0 radical (unpaired) electrons. The van der Waals surface area contributed by atoms with Crippen molar-refractivity contribution in [2.24, 2.45) is 0 Å². The van der Waals surface area contributed by atoms with Crippen LogP contribution in [0.1, 0.15) is 64.7 Å². The highest BCUT2D eigenvalue weighted by atomic mass is 16.5. The molecule has 1 atom stereocenters. The van der Waals surface area contributed by atoms with Crippen molar-refractivity contribution in [3.05, 3.63) is 0 Å². The highest BCUT2D eigenvalue weighted by Crippen LogP contribution is 2.20. The minimum atomic E-state index is 0.214. The molecule has 4 nitrogen and oxygen atoms in total. The van der Waals surface area contributed by atoms with Gasteiger partial charge >= 0.3 is 0 Å². The van der Waals surface area contributed by atoms with Gasteiger partial charge in [0.05, 0.1) is 6.10 Å². The summed E-state index contributed by atoms with van der Waals surface area (Å²) >= 11 is 0. The first-order valence-electron chi connectivity index (χ1n) is 8.42. The predicted molar refractivity (Wildman–Crippen MR) is 80.7 cm³/mol. The molecule has 2 N–H and O–H groups in total. The van der Waals surface area contributed by atoms with Crippen LogP contribution in [0.2, 0.25) is 0 Å². The fraction of sp³-hybridized carbons (Fsp3) is 0.938. The van der Waals surface area contributed by atoms with E-state index in [2.05, 4.69) is 17.6 Å². The van der Waals surface area contributed by atoms with Gasteiger partial charge in [0.1, 0.15) is 0 Å². The third-order valence-corrected chi connectivity index (χ3v) is 4.55. The second kappa shape index (κ2) is 8.63. The van der Waals surface area contributed by atoms with Gasteiger partial charge in [0, 0.05) is 25.1 Å². The Kier molecular flexibility index (Phi) is 6.80. The quantitative estimate of drug-likeness (QED) is 0.786. The van der Waals surface area contributed by atoms with Crippen LogP contribution in [0.5, 0.6) is 0 Å². The molecule has 20 heavy (non-hydrogen) atoms. The molecule has 1 aliphatic heterocycles. The summed E-state index contributed by atoms with van der Waals surface area (Å²) in [7, 11) is 0. The van der Waals surface area contributed by atoms with Crippen LogP contribution in [0, 0.1) is 0 Å². The zero-order valence-electron chi connectivity index (χ0n) is 12.8. The molecule has 1 saturated heterocycles. The Bertz CT molecular complexity index is 282. The summed E-state index contributed by atoms with van der Waals surface area (Å²) in [5.74, 6) is 0.214. The van der Waals surface area contributed by atoms with Crippen LogP contribution in [0.4, 0.5) is 0 Å². The largest absolute Gasteiger partial charge is 0.378 e. The fourth-order valence-corrected chi connectivity index (χ4v) is 3.36. The molecule has 1 saturated carbocycles. The van der Waals surface area contributed by atoms with E-state index in [-0.39, 0.29) is 5.91 Å². The van der Waals surface area contributed by atoms with Crippen molar-refractivity contribution in [1.29, 1.82) is 0 Å². The molecule has 2 fully saturated rings. The van der Waals surface area contributed by atoms with Crippen molar-refractivity contribution in [3.63, 3.8) is 0 Å². The maximum absolute atomic E-state index is 12.0. The first-order chi connectivity index (χ1) is 9.78. The van der Waals surface area contributed by atoms with Gasteiger partial charge in [-0.05, 0) is 57.9 Å². The van der Waals surface area contributed by atoms with E-state index >= 15 is 0 Å². The number of amides is 1. The zero-order chi connectivity index (χ0) is 14.2. The maximum Gasteiger partial charge on any atom is 0.220 e. The highest BCUT2D eigenvalue weighted by Gasteiger charge is 2.22. The van der Waals surface area contributed by atoms with E-state index in [0.717, 1.165) is 38.8 Å². The van der Waals surface area contributed by atoms with Crippen molar-refractivity contribution in [2.75, 3.05) is 13.2 Å².